The largest absolute Gasteiger partial charge is 0.481 e. The molecule has 21 heavy (non-hydrogen) atoms. The second-order valence-corrected chi connectivity index (χ2v) is 7.52. The van der Waals surface area contributed by atoms with Crippen LogP contribution in [0.5, 0.6) is 0 Å². The summed E-state index contributed by atoms with van der Waals surface area (Å²) >= 11 is 0. The lowest BCUT2D eigenvalue weighted by Crippen LogP contribution is -2.23. The third-order valence-corrected chi connectivity index (χ3v) is 3.52. The van der Waals surface area contributed by atoms with Crippen LogP contribution in [0, 0.1) is 17.3 Å². The average molecular weight is 296 g/mol. The summed E-state index contributed by atoms with van der Waals surface area (Å²) in [6, 6.07) is -0.200. The van der Waals surface area contributed by atoms with Crippen molar-refractivity contribution in [3.8, 4) is 0 Å². The molecule has 0 radical (unpaired) electrons. The monoisotopic (exact) mass is 296 g/mol. The number of carboxylic acids is 1. The van der Waals surface area contributed by atoms with Crippen molar-refractivity contribution >= 4 is 5.97 Å². The van der Waals surface area contributed by atoms with Gasteiger partial charge in [-0.05, 0) is 34.1 Å². The molecule has 0 aliphatic rings. The molecular weight excluding hydrogens is 268 g/mol. The quantitative estimate of drug-likeness (QED) is 0.836. The van der Waals surface area contributed by atoms with Crippen LogP contribution in [-0.4, -0.2) is 31.3 Å². The topological polar surface area (TPSA) is 80.9 Å². The maximum absolute atomic E-state index is 11.0. The number of carboxylic acid groups (broad SMARTS) is 1. The van der Waals surface area contributed by atoms with Crippen molar-refractivity contribution in [2.24, 2.45) is 17.3 Å². The molecule has 0 saturated carbocycles. The zero-order valence-electron chi connectivity index (χ0n) is 14.0. The van der Waals surface area contributed by atoms with Crippen LogP contribution in [0.1, 0.15) is 66.3 Å². The normalized spacial score (nSPS) is 15.2. The maximum atomic E-state index is 11.0. The number of carbonyl (C=O) groups is 1. The van der Waals surface area contributed by atoms with Gasteiger partial charge in [0.25, 0.3) is 0 Å². The molecule has 1 aromatic rings. The van der Waals surface area contributed by atoms with E-state index in [1.54, 1.807) is 4.68 Å². The highest BCUT2D eigenvalue weighted by Gasteiger charge is 2.25. The molecule has 0 bridgehead atoms. The molecule has 1 heterocycles. The fourth-order valence-electron chi connectivity index (χ4n) is 2.82. The lowest BCUT2D eigenvalue weighted by Gasteiger charge is -2.24. The summed E-state index contributed by atoms with van der Waals surface area (Å²) in [5, 5.41) is 21.0. The van der Waals surface area contributed by atoms with Gasteiger partial charge in [0.15, 0.2) is 5.82 Å². The number of aliphatic carboxylic acids is 1. The van der Waals surface area contributed by atoms with E-state index >= 15 is 0 Å². The predicted octanol–water partition coefficient (Wildman–Crippen LogP) is 2.96. The minimum Gasteiger partial charge on any atom is -0.481 e. The van der Waals surface area contributed by atoms with Gasteiger partial charge in [-0.25, -0.2) is 4.68 Å². The summed E-state index contributed by atoms with van der Waals surface area (Å²) in [4.78, 5) is 11.0. The Morgan fingerprint density at radius 1 is 1.29 bits per heavy atom. The van der Waals surface area contributed by atoms with Crippen LogP contribution < -0.4 is 0 Å². The number of hydrogen-bond acceptors (Lipinski definition) is 4. The molecular formula is C15H28N4O2. The Morgan fingerprint density at radius 3 is 2.38 bits per heavy atom. The van der Waals surface area contributed by atoms with Crippen molar-refractivity contribution in [3.63, 3.8) is 0 Å². The molecule has 0 aliphatic heterocycles. The lowest BCUT2D eigenvalue weighted by molar-refractivity contribution is -0.138. The predicted molar refractivity (Wildman–Crippen MR) is 80.9 cm³/mol. The van der Waals surface area contributed by atoms with E-state index < -0.39 is 5.97 Å². The van der Waals surface area contributed by atoms with Crippen LogP contribution in [0.4, 0.5) is 0 Å². The molecule has 0 fully saturated rings. The third-order valence-electron chi connectivity index (χ3n) is 3.52. The van der Waals surface area contributed by atoms with Gasteiger partial charge < -0.3 is 5.11 Å². The summed E-state index contributed by atoms with van der Waals surface area (Å²) in [7, 11) is 0. The van der Waals surface area contributed by atoms with Crippen molar-refractivity contribution in [2.75, 3.05) is 0 Å². The number of rotatable bonds is 7. The second kappa shape index (κ2) is 7.00. The van der Waals surface area contributed by atoms with Crippen molar-refractivity contribution in [1.29, 1.82) is 0 Å². The molecule has 0 amide bonds. The van der Waals surface area contributed by atoms with Gasteiger partial charge in [0, 0.05) is 6.42 Å². The van der Waals surface area contributed by atoms with Crippen molar-refractivity contribution < 1.29 is 9.90 Å². The fraction of sp³-hybridized carbons (Fsp3) is 0.867. The van der Waals surface area contributed by atoms with E-state index in [2.05, 4.69) is 43.2 Å². The Hall–Kier alpha value is -1.46. The number of hydrogen-bond donors (Lipinski definition) is 1. The second-order valence-electron chi connectivity index (χ2n) is 7.52. The molecule has 0 aromatic carbocycles. The number of tetrazole rings is 1. The molecule has 1 aromatic heterocycles. The Bertz CT molecular complexity index is 462. The van der Waals surface area contributed by atoms with Crippen molar-refractivity contribution in [3.05, 3.63) is 5.82 Å². The molecule has 2 atom stereocenters. The molecule has 6 heteroatoms. The maximum Gasteiger partial charge on any atom is 0.305 e. The van der Waals surface area contributed by atoms with E-state index in [0.717, 1.165) is 18.7 Å². The van der Waals surface area contributed by atoms with Gasteiger partial charge in [0.1, 0.15) is 0 Å². The fourth-order valence-corrected chi connectivity index (χ4v) is 2.82. The van der Waals surface area contributed by atoms with Gasteiger partial charge in [-0.3, -0.25) is 4.79 Å². The molecule has 1 rings (SSSR count). The minimum atomic E-state index is -0.821. The van der Waals surface area contributed by atoms with Crippen LogP contribution in [0.25, 0.3) is 0 Å². The summed E-state index contributed by atoms with van der Waals surface area (Å²) < 4.78 is 1.71. The third kappa shape index (κ3) is 5.81. The van der Waals surface area contributed by atoms with Gasteiger partial charge in [0.2, 0.25) is 0 Å². The highest BCUT2D eigenvalue weighted by Crippen LogP contribution is 2.27. The van der Waals surface area contributed by atoms with Crippen LogP contribution >= 0.6 is 0 Å². The Kier molecular flexibility index (Phi) is 5.87. The first-order valence-electron chi connectivity index (χ1n) is 7.58. The summed E-state index contributed by atoms with van der Waals surface area (Å²) in [5.41, 5.74) is 0.260. The first-order chi connectivity index (χ1) is 9.60. The lowest BCUT2D eigenvalue weighted by atomic mass is 9.84. The van der Waals surface area contributed by atoms with Crippen LogP contribution in [0.2, 0.25) is 0 Å². The Balaban J connectivity index is 2.86. The van der Waals surface area contributed by atoms with E-state index in [1.807, 2.05) is 13.8 Å². The van der Waals surface area contributed by atoms with Crippen LogP contribution in [0.3, 0.4) is 0 Å². The first-order valence-corrected chi connectivity index (χ1v) is 7.58. The van der Waals surface area contributed by atoms with E-state index in [1.165, 1.54) is 0 Å². The highest BCUT2D eigenvalue weighted by molar-refractivity contribution is 5.67. The molecule has 6 nitrogen and oxygen atoms in total. The summed E-state index contributed by atoms with van der Waals surface area (Å²) in [6.45, 7) is 12.8. The van der Waals surface area contributed by atoms with E-state index in [9.17, 15) is 4.79 Å². The number of nitrogens with zero attached hydrogens (tertiary/aromatic N) is 4. The summed E-state index contributed by atoms with van der Waals surface area (Å²) in [5.74, 6) is 0.582. The molecule has 0 aliphatic carbocycles. The number of aromatic nitrogens is 4. The van der Waals surface area contributed by atoms with E-state index in [4.69, 9.17) is 5.11 Å². The molecule has 0 spiro atoms. The SMILES string of the molecule is CC(Cc1nnnn1C(CC(=O)O)C(C)C)CC(C)(C)C. The Morgan fingerprint density at radius 2 is 1.90 bits per heavy atom. The van der Waals surface area contributed by atoms with E-state index in [0.29, 0.717) is 5.92 Å². The zero-order valence-corrected chi connectivity index (χ0v) is 14.0. The first kappa shape index (κ1) is 17.6. The van der Waals surface area contributed by atoms with Crippen LogP contribution in [0.15, 0.2) is 0 Å². The van der Waals surface area contributed by atoms with Gasteiger partial charge in [-0.1, -0.05) is 41.5 Å². The molecule has 1 N–H and O–H groups in total. The molecule has 2 unspecified atom stereocenters. The smallest absolute Gasteiger partial charge is 0.305 e. The standard InChI is InChI=1S/C15H28N4O2/c1-10(2)12(8-14(20)21)19-13(16-17-18-19)7-11(3)9-15(4,5)6/h10-12H,7-9H2,1-6H3,(H,20,21). The van der Waals surface area contributed by atoms with Gasteiger partial charge in [-0.2, -0.15) is 0 Å². The van der Waals surface area contributed by atoms with Gasteiger partial charge in [-0.15, -0.1) is 5.10 Å². The van der Waals surface area contributed by atoms with Gasteiger partial charge in [0.05, 0.1) is 12.5 Å². The van der Waals surface area contributed by atoms with Gasteiger partial charge >= 0.3 is 5.97 Å². The summed E-state index contributed by atoms with van der Waals surface area (Å²) in [6.07, 6.45) is 1.89. The molecule has 120 valence electrons. The minimum absolute atomic E-state index is 0.0450. The molecule has 0 saturated heterocycles. The average Bonchev–Trinajstić information content (AvgIpc) is 2.70. The van der Waals surface area contributed by atoms with Crippen molar-refractivity contribution in [2.45, 2.75) is 66.8 Å². The Labute approximate surface area is 126 Å². The zero-order chi connectivity index (χ0) is 16.2. The van der Waals surface area contributed by atoms with Crippen LogP contribution in [-0.2, 0) is 11.2 Å². The highest BCUT2D eigenvalue weighted by atomic mass is 16.4. The van der Waals surface area contributed by atoms with E-state index in [-0.39, 0.29) is 23.8 Å². The van der Waals surface area contributed by atoms with Crippen molar-refractivity contribution in [1.82, 2.24) is 20.2 Å².